The third-order valence-corrected chi connectivity index (χ3v) is 6.56. The Bertz CT molecular complexity index is 1430. The van der Waals surface area contributed by atoms with E-state index in [1.165, 1.54) is 12.1 Å². The summed E-state index contributed by atoms with van der Waals surface area (Å²) in [4.78, 5) is 28.7. The lowest BCUT2D eigenvalue weighted by atomic mass is 9.97. The molecule has 1 aromatic heterocycles. The standard InChI is InChI=1S/C26H19BrFNO3/c1-14-11-20-21(12-15(14)2)32-25-22(24(20)30)23(17-5-7-18(27)8-6-17)29(26(25)31)13-16-3-9-19(28)10-4-16/h3-12,23H,13H2,1-2H3/t23-/m0/s1. The minimum absolute atomic E-state index is 0.0702. The molecule has 0 bridgehead atoms. The summed E-state index contributed by atoms with van der Waals surface area (Å²) in [5.41, 5.74) is 4.08. The van der Waals surface area contributed by atoms with E-state index >= 15 is 0 Å². The van der Waals surface area contributed by atoms with Crippen molar-refractivity contribution >= 4 is 32.8 Å². The Morgan fingerprint density at radius 3 is 2.31 bits per heavy atom. The Labute approximate surface area is 192 Å². The van der Waals surface area contributed by atoms with Gasteiger partial charge in [0.05, 0.1) is 17.0 Å². The van der Waals surface area contributed by atoms with E-state index in [-0.39, 0.29) is 29.5 Å². The van der Waals surface area contributed by atoms with Gasteiger partial charge in [0.15, 0.2) is 5.43 Å². The molecule has 0 saturated heterocycles. The van der Waals surface area contributed by atoms with Crippen LogP contribution in [0.5, 0.6) is 0 Å². The predicted molar refractivity (Wildman–Crippen MR) is 124 cm³/mol. The smallest absolute Gasteiger partial charge is 0.291 e. The van der Waals surface area contributed by atoms with Crippen LogP contribution in [0.15, 0.2) is 74.3 Å². The highest BCUT2D eigenvalue weighted by molar-refractivity contribution is 9.10. The van der Waals surface area contributed by atoms with Crippen LogP contribution in [-0.2, 0) is 6.54 Å². The maximum atomic E-state index is 13.6. The van der Waals surface area contributed by atoms with Crippen molar-refractivity contribution in [2.75, 3.05) is 0 Å². The average Bonchev–Trinajstić information content (AvgIpc) is 3.04. The molecule has 0 unspecified atom stereocenters. The molecule has 4 aromatic rings. The Hall–Kier alpha value is -3.25. The molecule has 0 saturated carbocycles. The highest BCUT2D eigenvalue weighted by Gasteiger charge is 2.42. The van der Waals surface area contributed by atoms with Crippen LogP contribution in [-0.4, -0.2) is 10.8 Å². The van der Waals surface area contributed by atoms with Crippen molar-refractivity contribution in [3.8, 4) is 0 Å². The maximum absolute atomic E-state index is 13.6. The number of rotatable bonds is 3. The number of aryl methyl sites for hydroxylation is 2. The topological polar surface area (TPSA) is 50.5 Å². The zero-order valence-corrected chi connectivity index (χ0v) is 19.1. The van der Waals surface area contributed by atoms with Crippen molar-refractivity contribution in [2.24, 2.45) is 0 Å². The third-order valence-electron chi connectivity index (χ3n) is 6.03. The number of hydrogen-bond donors (Lipinski definition) is 0. The van der Waals surface area contributed by atoms with Gasteiger partial charge in [-0.15, -0.1) is 0 Å². The summed E-state index contributed by atoms with van der Waals surface area (Å²) < 4.78 is 20.3. The second-order valence-corrected chi connectivity index (χ2v) is 9.04. The van der Waals surface area contributed by atoms with Crippen LogP contribution in [0.3, 0.4) is 0 Å². The molecule has 160 valence electrons. The van der Waals surface area contributed by atoms with Crippen molar-refractivity contribution in [3.63, 3.8) is 0 Å². The predicted octanol–water partition coefficient (Wildman–Crippen LogP) is 6.06. The van der Waals surface area contributed by atoms with Crippen LogP contribution >= 0.6 is 15.9 Å². The van der Waals surface area contributed by atoms with Gasteiger partial charge >= 0.3 is 0 Å². The Kier molecular flexibility index (Phi) is 4.97. The molecule has 1 aliphatic heterocycles. The zero-order valence-electron chi connectivity index (χ0n) is 17.5. The van der Waals surface area contributed by atoms with Gasteiger partial charge in [0.1, 0.15) is 11.4 Å². The number of nitrogens with zero attached hydrogens (tertiary/aromatic N) is 1. The van der Waals surface area contributed by atoms with Gasteiger partial charge in [-0.25, -0.2) is 4.39 Å². The zero-order chi connectivity index (χ0) is 22.6. The first-order valence-electron chi connectivity index (χ1n) is 10.2. The summed E-state index contributed by atoms with van der Waals surface area (Å²) in [5, 5.41) is 0.463. The van der Waals surface area contributed by atoms with E-state index in [1.807, 2.05) is 44.2 Å². The van der Waals surface area contributed by atoms with Gasteiger partial charge < -0.3 is 9.32 Å². The first-order chi connectivity index (χ1) is 15.3. The molecule has 2 heterocycles. The number of fused-ring (bicyclic) bond motifs is 2. The summed E-state index contributed by atoms with van der Waals surface area (Å²) >= 11 is 3.44. The Morgan fingerprint density at radius 1 is 0.969 bits per heavy atom. The normalized spacial score (nSPS) is 15.4. The molecule has 0 spiro atoms. The number of hydrogen-bond acceptors (Lipinski definition) is 3. The molecule has 1 amide bonds. The van der Waals surface area contributed by atoms with Crippen molar-refractivity contribution < 1.29 is 13.6 Å². The first kappa shape index (κ1) is 20.6. The second-order valence-electron chi connectivity index (χ2n) is 8.12. The van der Waals surface area contributed by atoms with Gasteiger partial charge in [0, 0.05) is 11.0 Å². The van der Waals surface area contributed by atoms with Crippen LogP contribution in [0.1, 0.15) is 44.4 Å². The van der Waals surface area contributed by atoms with E-state index in [0.717, 1.165) is 26.7 Å². The highest BCUT2D eigenvalue weighted by Crippen LogP contribution is 2.39. The summed E-state index contributed by atoms with van der Waals surface area (Å²) in [6, 6.07) is 16.6. The molecule has 6 heteroatoms. The Balaban J connectivity index is 1.73. The van der Waals surface area contributed by atoms with Crippen LogP contribution in [0.4, 0.5) is 4.39 Å². The molecule has 3 aromatic carbocycles. The van der Waals surface area contributed by atoms with E-state index in [2.05, 4.69) is 15.9 Å². The monoisotopic (exact) mass is 491 g/mol. The number of carbonyl (C=O) groups is 1. The van der Waals surface area contributed by atoms with Gasteiger partial charge in [-0.3, -0.25) is 9.59 Å². The Morgan fingerprint density at radius 2 is 1.62 bits per heavy atom. The lowest BCUT2D eigenvalue weighted by molar-refractivity contribution is 0.0714. The minimum Gasteiger partial charge on any atom is -0.450 e. The fraction of sp³-hybridized carbons (Fsp3) is 0.154. The van der Waals surface area contributed by atoms with Crippen molar-refractivity contribution in [2.45, 2.75) is 26.4 Å². The summed E-state index contributed by atoms with van der Waals surface area (Å²) in [6.07, 6.45) is 0. The quantitative estimate of drug-likeness (QED) is 0.350. The van der Waals surface area contributed by atoms with Gasteiger partial charge in [-0.2, -0.15) is 0 Å². The average molecular weight is 492 g/mol. The van der Waals surface area contributed by atoms with Gasteiger partial charge in [0.25, 0.3) is 5.91 Å². The molecule has 0 aliphatic carbocycles. The van der Waals surface area contributed by atoms with Crippen LogP contribution < -0.4 is 5.43 Å². The molecule has 32 heavy (non-hydrogen) atoms. The molecule has 1 aliphatic rings. The van der Waals surface area contributed by atoms with Crippen molar-refractivity contribution in [1.29, 1.82) is 0 Å². The second kappa shape index (κ2) is 7.71. The fourth-order valence-corrected chi connectivity index (χ4v) is 4.48. The van der Waals surface area contributed by atoms with Crippen LogP contribution in [0.25, 0.3) is 11.0 Å². The van der Waals surface area contributed by atoms with Crippen LogP contribution in [0, 0.1) is 19.7 Å². The molecular weight excluding hydrogens is 473 g/mol. The fourth-order valence-electron chi connectivity index (χ4n) is 4.22. The van der Waals surface area contributed by atoms with E-state index < -0.39 is 6.04 Å². The number of carbonyl (C=O) groups excluding carboxylic acids is 1. The molecular formula is C26H19BrFNO3. The minimum atomic E-state index is -0.599. The number of halogens is 2. The SMILES string of the molecule is Cc1cc2oc3c(c(=O)c2cc1C)[C@H](c1ccc(Br)cc1)N(Cc1ccc(F)cc1)C3=O. The summed E-state index contributed by atoms with van der Waals surface area (Å²) in [6.45, 7) is 4.10. The molecule has 0 N–H and O–H groups in total. The van der Waals surface area contributed by atoms with Crippen molar-refractivity contribution in [3.05, 3.63) is 115 Å². The van der Waals surface area contributed by atoms with Gasteiger partial charge in [0.2, 0.25) is 5.76 Å². The molecule has 0 fully saturated rings. The van der Waals surface area contributed by atoms with Crippen LogP contribution in [0.2, 0.25) is 0 Å². The van der Waals surface area contributed by atoms with E-state index in [1.54, 1.807) is 23.1 Å². The first-order valence-corrected chi connectivity index (χ1v) is 11.0. The van der Waals surface area contributed by atoms with Crippen molar-refractivity contribution in [1.82, 2.24) is 4.90 Å². The number of benzene rings is 3. The van der Waals surface area contributed by atoms with Gasteiger partial charge in [-0.1, -0.05) is 40.2 Å². The highest BCUT2D eigenvalue weighted by atomic mass is 79.9. The van der Waals surface area contributed by atoms with E-state index in [9.17, 15) is 14.0 Å². The number of amides is 1. The van der Waals surface area contributed by atoms with Gasteiger partial charge in [-0.05, 0) is 72.5 Å². The molecule has 1 atom stereocenters. The largest absolute Gasteiger partial charge is 0.450 e. The molecule has 4 nitrogen and oxygen atoms in total. The summed E-state index contributed by atoms with van der Waals surface area (Å²) in [7, 11) is 0. The lowest BCUT2D eigenvalue weighted by Gasteiger charge is -2.25. The molecule has 0 radical (unpaired) electrons. The lowest BCUT2D eigenvalue weighted by Crippen LogP contribution is -2.29. The molecule has 5 rings (SSSR count). The third kappa shape index (κ3) is 3.35. The maximum Gasteiger partial charge on any atom is 0.291 e. The van der Waals surface area contributed by atoms with E-state index in [4.69, 9.17) is 4.42 Å². The summed E-state index contributed by atoms with van der Waals surface area (Å²) in [5.74, 6) is -0.627. The van der Waals surface area contributed by atoms with E-state index in [0.29, 0.717) is 16.5 Å².